The van der Waals surface area contributed by atoms with Gasteiger partial charge in [-0.05, 0) is 18.4 Å². The first-order valence-electron chi connectivity index (χ1n) is 5.68. The summed E-state index contributed by atoms with van der Waals surface area (Å²) in [7, 11) is 0. The van der Waals surface area contributed by atoms with Crippen LogP contribution < -0.4 is 5.32 Å². The van der Waals surface area contributed by atoms with Crippen LogP contribution in [0, 0.1) is 0 Å². The Morgan fingerprint density at radius 2 is 1.88 bits per heavy atom. The second-order valence-electron chi connectivity index (χ2n) is 3.76. The molecule has 0 aliphatic rings. The molecule has 0 saturated heterocycles. The van der Waals surface area contributed by atoms with Crippen LogP contribution in [0.2, 0.25) is 0 Å². The van der Waals surface area contributed by atoms with Crippen molar-refractivity contribution in [1.29, 1.82) is 0 Å². The maximum absolute atomic E-state index is 11.8. The van der Waals surface area contributed by atoms with Crippen molar-refractivity contribution in [2.45, 2.75) is 37.6 Å². The fourth-order valence-electron chi connectivity index (χ4n) is 1.55. The third kappa shape index (κ3) is 3.63. The van der Waals surface area contributed by atoms with Gasteiger partial charge in [0.05, 0.1) is 10.9 Å². The summed E-state index contributed by atoms with van der Waals surface area (Å²) >= 11 is 3.36. The van der Waals surface area contributed by atoms with Gasteiger partial charge in [-0.25, -0.2) is 0 Å². The highest BCUT2D eigenvalue weighted by atomic mass is 79.9. The van der Waals surface area contributed by atoms with Crippen molar-refractivity contribution in [2.75, 3.05) is 0 Å². The number of hydrogen-bond acceptors (Lipinski definition) is 1. The smallest absolute Gasteiger partial charge is 0.234 e. The third-order valence-electron chi connectivity index (χ3n) is 2.57. The Hall–Kier alpha value is -0.830. The maximum Gasteiger partial charge on any atom is 0.234 e. The zero-order valence-electron chi connectivity index (χ0n) is 9.74. The Bertz CT molecular complexity index is 326. The van der Waals surface area contributed by atoms with Crippen LogP contribution in [0.3, 0.4) is 0 Å². The lowest BCUT2D eigenvalue weighted by Gasteiger charge is -2.19. The van der Waals surface area contributed by atoms with Crippen molar-refractivity contribution >= 4 is 21.8 Å². The van der Waals surface area contributed by atoms with Crippen LogP contribution in [-0.4, -0.2) is 10.7 Å². The molecule has 0 saturated carbocycles. The molecule has 2 atom stereocenters. The summed E-state index contributed by atoms with van der Waals surface area (Å²) in [5.74, 6) is 0.0678. The molecular weight excluding hydrogens is 266 g/mol. The van der Waals surface area contributed by atoms with E-state index in [0.29, 0.717) is 0 Å². The molecule has 0 aliphatic heterocycles. The molecule has 2 unspecified atom stereocenters. The summed E-state index contributed by atoms with van der Waals surface area (Å²) in [6.45, 7) is 4.07. The molecule has 0 bridgehead atoms. The van der Waals surface area contributed by atoms with Crippen molar-refractivity contribution in [1.82, 2.24) is 5.32 Å². The van der Waals surface area contributed by atoms with Gasteiger partial charge in [-0.2, -0.15) is 0 Å². The number of halogens is 1. The molecule has 0 fully saturated rings. The number of amides is 1. The molecular formula is C13H18BrNO. The number of benzene rings is 1. The van der Waals surface area contributed by atoms with Crippen LogP contribution in [0.15, 0.2) is 30.3 Å². The molecule has 1 aromatic carbocycles. The van der Waals surface area contributed by atoms with E-state index in [1.54, 1.807) is 0 Å². The van der Waals surface area contributed by atoms with Gasteiger partial charge in [0, 0.05) is 0 Å². The molecule has 1 rings (SSSR count). The van der Waals surface area contributed by atoms with E-state index >= 15 is 0 Å². The van der Waals surface area contributed by atoms with Gasteiger partial charge in [-0.15, -0.1) is 0 Å². The van der Waals surface area contributed by atoms with Crippen LogP contribution in [0.5, 0.6) is 0 Å². The van der Waals surface area contributed by atoms with E-state index in [1.807, 2.05) is 37.3 Å². The van der Waals surface area contributed by atoms with Gasteiger partial charge < -0.3 is 5.32 Å². The number of nitrogens with one attached hydrogen (secondary N) is 1. The first-order valence-corrected chi connectivity index (χ1v) is 6.60. The lowest BCUT2D eigenvalue weighted by molar-refractivity contribution is -0.121. The lowest BCUT2D eigenvalue weighted by atomic mass is 10.0. The van der Waals surface area contributed by atoms with E-state index in [-0.39, 0.29) is 16.8 Å². The molecule has 0 aromatic heterocycles. The Morgan fingerprint density at radius 1 is 1.25 bits per heavy atom. The predicted molar refractivity (Wildman–Crippen MR) is 70.6 cm³/mol. The SMILES string of the molecule is CCC(Br)C(=O)NC(CC)c1ccccc1. The Labute approximate surface area is 106 Å². The molecule has 0 aliphatic carbocycles. The van der Waals surface area contributed by atoms with Gasteiger partial charge >= 0.3 is 0 Å². The first-order chi connectivity index (χ1) is 7.69. The zero-order valence-corrected chi connectivity index (χ0v) is 11.3. The van der Waals surface area contributed by atoms with E-state index < -0.39 is 0 Å². The zero-order chi connectivity index (χ0) is 12.0. The van der Waals surface area contributed by atoms with Crippen molar-refractivity contribution in [3.8, 4) is 0 Å². The summed E-state index contributed by atoms with van der Waals surface area (Å²) in [6, 6.07) is 10.2. The molecule has 1 aromatic rings. The van der Waals surface area contributed by atoms with E-state index in [1.165, 1.54) is 0 Å². The van der Waals surface area contributed by atoms with Gasteiger partial charge in [0.2, 0.25) is 5.91 Å². The highest BCUT2D eigenvalue weighted by Gasteiger charge is 2.17. The number of carbonyl (C=O) groups excluding carboxylic acids is 1. The number of alkyl halides is 1. The first kappa shape index (κ1) is 13.2. The summed E-state index contributed by atoms with van der Waals surface area (Å²) < 4.78 is 0. The van der Waals surface area contributed by atoms with E-state index in [2.05, 4.69) is 28.2 Å². The van der Waals surface area contributed by atoms with Crippen molar-refractivity contribution < 1.29 is 4.79 Å². The van der Waals surface area contributed by atoms with Crippen LogP contribution in [0.1, 0.15) is 38.3 Å². The minimum Gasteiger partial charge on any atom is -0.348 e. The van der Waals surface area contributed by atoms with E-state index in [0.717, 1.165) is 18.4 Å². The second kappa shape index (κ2) is 6.69. The average Bonchev–Trinajstić information content (AvgIpc) is 2.35. The van der Waals surface area contributed by atoms with Crippen LogP contribution in [0.25, 0.3) is 0 Å². The summed E-state index contributed by atoms with van der Waals surface area (Å²) in [4.78, 5) is 11.7. The predicted octanol–water partition coefficient (Wildman–Crippen LogP) is 3.43. The van der Waals surface area contributed by atoms with Gasteiger partial charge in [-0.3, -0.25) is 4.79 Å². The molecule has 16 heavy (non-hydrogen) atoms. The van der Waals surface area contributed by atoms with Crippen LogP contribution >= 0.6 is 15.9 Å². The Balaban J connectivity index is 2.66. The van der Waals surface area contributed by atoms with Crippen molar-refractivity contribution in [3.05, 3.63) is 35.9 Å². The molecule has 0 spiro atoms. The molecule has 1 amide bonds. The quantitative estimate of drug-likeness (QED) is 0.825. The highest BCUT2D eigenvalue weighted by Crippen LogP contribution is 2.17. The molecule has 0 radical (unpaired) electrons. The van der Waals surface area contributed by atoms with Crippen molar-refractivity contribution in [3.63, 3.8) is 0 Å². The average molecular weight is 284 g/mol. The summed E-state index contributed by atoms with van der Waals surface area (Å²) in [5, 5.41) is 3.05. The van der Waals surface area contributed by atoms with Gasteiger partial charge in [0.1, 0.15) is 0 Å². The number of hydrogen-bond donors (Lipinski definition) is 1. The minimum atomic E-state index is -0.0923. The number of rotatable bonds is 5. The second-order valence-corrected chi connectivity index (χ2v) is 4.86. The molecule has 3 heteroatoms. The molecule has 2 nitrogen and oxygen atoms in total. The largest absolute Gasteiger partial charge is 0.348 e. The number of carbonyl (C=O) groups is 1. The minimum absolute atomic E-state index is 0.0678. The van der Waals surface area contributed by atoms with Gasteiger partial charge in [0.25, 0.3) is 0 Å². The third-order valence-corrected chi connectivity index (χ3v) is 3.63. The lowest BCUT2D eigenvalue weighted by Crippen LogP contribution is -2.33. The molecule has 88 valence electrons. The van der Waals surface area contributed by atoms with Crippen LogP contribution in [-0.2, 0) is 4.79 Å². The van der Waals surface area contributed by atoms with Gasteiger partial charge in [0.15, 0.2) is 0 Å². The normalized spacial score (nSPS) is 14.2. The summed E-state index contributed by atoms with van der Waals surface area (Å²) in [6.07, 6.45) is 1.70. The fourth-order valence-corrected chi connectivity index (χ4v) is 1.69. The van der Waals surface area contributed by atoms with Crippen molar-refractivity contribution in [2.24, 2.45) is 0 Å². The highest BCUT2D eigenvalue weighted by molar-refractivity contribution is 9.10. The monoisotopic (exact) mass is 283 g/mol. The van der Waals surface area contributed by atoms with Crippen LogP contribution in [0.4, 0.5) is 0 Å². The topological polar surface area (TPSA) is 29.1 Å². The Morgan fingerprint density at radius 3 is 2.38 bits per heavy atom. The van der Waals surface area contributed by atoms with E-state index in [9.17, 15) is 4.79 Å². The van der Waals surface area contributed by atoms with Gasteiger partial charge in [-0.1, -0.05) is 60.1 Å². The fraction of sp³-hybridized carbons (Fsp3) is 0.462. The Kier molecular flexibility index (Phi) is 5.53. The molecule has 1 N–H and O–H groups in total. The summed E-state index contributed by atoms with van der Waals surface area (Å²) in [5.41, 5.74) is 1.16. The standard InChI is InChI=1S/C13H18BrNO/c1-3-11(14)13(16)15-12(4-2)10-8-6-5-7-9-10/h5-9,11-12H,3-4H2,1-2H3,(H,15,16). The maximum atomic E-state index is 11.8. The molecule has 0 heterocycles. The van der Waals surface area contributed by atoms with E-state index in [4.69, 9.17) is 0 Å².